The summed E-state index contributed by atoms with van der Waals surface area (Å²) in [4.78, 5) is 9.35. The van der Waals surface area contributed by atoms with Gasteiger partial charge < -0.3 is 10.2 Å². The van der Waals surface area contributed by atoms with Gasteiger partial charge in [0.1, 0.15) is 11.3 Å². The molecule has 2 aromatic carbocycles. The smallest absolute Gasteiger partial charge is 0.212 e. The van der Waals surface area contributed by atoms with Crippen LogP contribution in [0.2, 0.25) is 0 Å². The van der Waals surface area contributed by atoms with Crippen LogP contribution in [0, 0.1) is 0 Å². The topological polar surface area (TPSA) is 81.4 Å². The highest BCUT2D eigenvalue weighted by atomic mass is 16.3. The van der Waals surface area contributed by atoms with E-state index in [-0.39, 0.29) is 6.17 Å². The predicted molar refractivity (Wildman–Crippen MR) is 98.7 cm³/mol. The average Bonchev–Trinajstić information content (AvgIpc) is 3.18. The van der Waals surface area contributed by atoms with Crippen molar-refractivity contribution in [2.75, 3.05) is 5.32 Å². The lowest BCUT2D eigenvalue weighted by atomic mass is 10.1. The molecule has 1 aliphatic rings. The van der Waals surface area contributed by atoms with Crippen LogP contribution in [0.1, 0.15) is 24.4 Å². The summed E-state index contributed by atoms with van der Waals surface area (Å²) in [7, 11) is 0. The molecule has 25 heavy (non-hydrogen) atoms. The quantitative estimate of drug-likeness (QED) is 0.588. The van der Waals surface area contributed by atoms with E-state index in [4.69, 9.17) is 15.1 Å². The highest BCUT2D eigenvalue weighted by molar-refractivity contribution is 5.95. The normalized spacial score (nSPS) is 16.7. The van der Waals surface area contributed by atoms with Crippen LogP contribution in [-0.2, 0) is 6.42 Å². The standard InChI is InChI=1S/C19H17N5O/c1-2-14-16(11-7-3-6-10-15(11)25-14)17-22-18(20)23-19-21-12-8-4-5-9-13(12)24(17)19/h3-10,17H,2H2,1H3,(H3,20,21,22,23). The SMILES string of the molecule is CCc1oc2ccccc2c1C1N=C(N)Nc2nc3ccccc3n21. The highest BCUT2D eigenvalue weighted by Gasteiger charge is 2.29. The van der Waals surface area contributed by atoms with E-state index < -0.39 is 0 Å². The maximum absolute atomic E-state index is 6.08. The number of para-hydroxylation sites is 3. The number of imidazole rings is 1. The minimum absolute atomic E-state index is 0.303. The van der Waals surface area contributed by atoms with E-state index >= 15 is 0 Å². The Morgan fingerprint density at radius 3 is 2.84 bits per heavy atom. The van der Waals surface area contributed by atoms with Crippen LogP contribution in [0.3, 0.4) is 0 Å². The van der Waals surface area contributed by atoms with Crippen molar-refractivity contribution >= 4 is 33.9 Å². The third-order valence-electron chi connectivity index (χ3n) is 4.63. The molecular weight excluding hydrogens is 314 g/mol. The molecule has 0 radical (unpaired) electrons. The Hall–Kier alpha value is -3.28. The maximum atomic E-state index is 6.08. The number of aryl methyl sites for hydroxylation is 1. The molecule has 1 aliphatic heterocycles. The molecule has 5 rings (SSSR count). The Bertz CT molecular complexity index is 1140. The first kappa shape index (κ1) is 14.1. The lowest BCUT2D eigenvalue weighted by Gasteiger charge is -2.23. The van der Waals surface area contributed by atoms with Gasteiger partial charge in [0.2, 0.25) is 5.95 Å². The third kappa shape index (κ3) is 1.97. The van der Waals surface area contributed by atoms with E-state index in [1.165, 1.54) is 0 Å². The number of nitrogens with zero attached hydrogens (tertiary/aromatic N) is 3. The largest absolute Gasteiger partial charge is 0.461 e. The number of nitrogens with two attached hydrogens (primary N) is 1. The first-order valence-corrected chi connectivity index (χ1v) is 8.34. The second-order valence-electron chi connectivity index (χ2n) is 6.10. The number of aromatic nitrogens is 2. The Balaban J connectivity index is 1.85. The Morgan fingerprint density at radius 1 is 1.16 bits per heavy atom. The number of hydrogen-bond donors (Lipinski definition) is 2. The number of nitrogens with one attached hydrogen (secondary N) is 1. The highest BCUT2D eigenvalue weighted by Crippen LogP contribution is 2.38. The molecule has 0 spiro atoms. The van der Waals surface area contributed by atoms with E-state index in [0.717, 1.165) is 39.7 Å². The summed E-state index contributed by atoms with van der Waals surface area (Å²) in [5.41, 5.74) is 9.90. The maximum Gasteiger partial charge on any atom is 0.212 e. The van der Waals surface area contributed by atoms with Gasteiger partial charge in [-0.3, -0.25) is 9.88 Å². The fraction of sp³-hybridized carbons (Fsp3) is 0.158. The molecule has 0 aliphatic carbocycles. The molecule has 6 heteroatoms. The molecule has 0 fully saturated rings. The zero-order valence-electron chi connectivity index (χ0n) is 13.7. The molecule has 3 N–H and O–H groups in total. The van der Waals surface area contributed by atoms with Crippen molar-refractivity contribution < 1.29 is 4.42 Å². The Kier molecular flexibility index (Phi) is 2.88. The van der Waals surface area contributed by atoms with Crippen LogP contribution in [0.15, 0.2) is 57.9 Å². The molecule has 0 saturated heterocycles. The molecule has 1 atom stereocenters. The monoisotopic (exact) mass is 331 g/mol. The molecule has 0 amide bonds. The van der Waals surface area contributed by atoms with Gasteiger partial charge in [0.05, 0.1) is 11.0 Å². The molecule has 0 bridgehead atoms. The van der Waals surface area contributed by atoms with Crippen LogP contribution in [-0.4, -0.2) is 15.5 Å². The first-order valence-electron chi connectivity index (χ1n) is 8.34. The fourth-order valence-corrected chi connectivity index (χ4v) is 3.57. The van der Waals surface area contributed by atoms with E-state index in [1.54, 1.807) is 0 Å². The van der Waals surface area contributed by atoms with Gasteiger partial charge in [0.15, 0.2) is 12.1 Å². The first-order chi connectivity index (χ1) is 12.3. The van der Waals surface area contributed by atoms with Crippen LogP contribution < -0.4 is 11.1 Å². The zero-order valence-corrected chi connectivity index (χ0v) is 13.7. The molecule has 4 aromatic rings. The number of aliphatic imine (C=N–C) groups is 1. The summed E-state index contributed by atoms with van der Waals surface area (Å²) in [6, 6.07) is 16.1. The number of furan rings is 1. The van der Waals surface area contributed by atoms with Crippen LogP contribution >= 0.6 is 0 Å². The lowest BCUT2D eigenvalue weighted by molar-refractivity contribution is 0.529. The van der Waals surface area contributed by atoms with E-state index in [1.807, 2.05) is 42.5 Å². The molecule has 6 nitrogen and oxygen atoms in total. The number of benzene rings is 2. The second kappa shape index (κ2) is 5.11. The molecule has 1 unspecified atom stereocenters. The predicted octanol–water partition coefficient (Wildman–Crippen LogP) is 3.63. The van der Waals surface area contributed by atoms with Gasteiger partial charge in [0.25, 0.3) is 0 Å². The van der Waals surface area contributed by atoms with Gasteiger partial charge in [-0.15, -0.1) is 0 Å². The molecule has 0 saturated carbocycles. The van der Waals surface area contributed by atoms with Gasteiger partial charge in [-0.05, 0) is 18.2 Å². The molecule has 3 heterocycles. The van der Waals surface area contributed by atoms with Crippen molar-refractivity contribution in [3.63, 3.8) is 0 Å². The summed E-state index contributed by atoms with van der Waals surface area (Å²) in [6.45, 7) is 2.09. The molecular formula is C19H17N5O. The van der Waals surface area contributed by atoms with Gasteiger partial charge in [-0.25, -0.2) is 9.98 Å². The number of rotatable bonds is 2. The molecule has 2 aromatic heterocycles. The lowest BCUT2D eigenvalue weighted by Crippen LogP contribution is -2.31. The Labute approximate surface area is 144 Å². The van der Waals surface area contributed by atoms with Crippen LogP contribution in [0.5, 0.6) is 0 Å². The fourth-order valence-electron chi connectivity index (χ4n) is 3.57. The van der Waals surface area contributed by atoms with E-state index in [2.05, 4.69) is 27.9 Å². The van der Waals surface area contributed by atoms with Crippen LogP contribution in [0.25, 0.3) is 22.0 Å². The number of guanidine groups is 1. The summed E-state index contributed by atoms with van der Waals surface area (Å²) >= 11 is 0. The number of fused-ring (bicyclic) bond motifs is 4. The van der Waals surface area contributed by atoms with E-state index in [9.17, 15) is 0 Å². The van der Waals surface area contributed by atoms with Crippen LogP contribution in [0.4, 0.5) is 5.95 Å². The summed E-state index contributed by atoms with van der Waals surface area (Å²) < 4.78 is 8.16. The van der Waals surface area contributed by atoms with Crippen molar-refractivity contribution in [2.24, 2.45) is 10.7 Å². The van der Waals surface area contributed by atoms with Crippen molar-refractivity contribution in [3.05, 3.63) is 59.9 Å². The van der Waals surface area contributed by atoms with Crippen molar-refractivity contribution in [1.82, 2.24) is 9.55 Å². The van der Waals surface area contributed by atoms with Gasteiger partial charge in [-0.1, -0.05) is 37.3 Å². The summed E-state index contributed by atoms with van der Waals surface area (Å²) in [6.07, 6.45) is 0.480. The minimum Gasteiger partial charge on any atom is -0.461 e. The third-order valence-corrected chi connectivity index (χ3v) is 4.63. The minimum atomic E-state index is -0.303. The Morgan fingerprint density at radius 2 is 1.96 bits per heavy atom. The molecule has 124 valence electrons. The van der Waals surface area contributed by atoms with Gasteiger partial charge in [0, 0.05) is 17.4 Å². The second-order valence-corrected chi connectivity index (χ2v) is 6.10. The zero-order chi connectivity index (χ0) is 17.0. The van der Waals surface area contributed by atoms with Crippen molar-refractivity contribution in [3.8, 4) is 0 Å². The average molecular weight is 331 g/mol. The van der Waals surface area contributed by atoms with E-state index in [0.29, 0.717) is 11.9 Å². The van der Waals surface area contributed by atoms with Gasteiger partial charge >= 0.3 is 0 Å². The number of anilines is 1. The van der Waals surface area contributed by atoms with Gasteiger partial charge in [-0.2, -0.15) is 0 Å². The van der Waals surface area contributed by atoms with Crippen molar-refractivity contribution in [2.45, 2.75) is 19.5 Å². The number of hydrogen-bond acceptors (Lipinski definition) is 5. The van der Waals surface area contributed by atoms with Crippen molar-refractivity contribution in [1.29, 1.82) is 0 Å². The summed E-state index contributed by atoms with van der Waals surface area (Å²) in [5.74, 6) is 1.99. The summed E-state index contributed by atoms with van der Waals surface area (Å²) in [5, 5.41) is 4.14.